The van der Waals surface area contributed by atoms with Crippen LogP contribution in [-0.2, 0) is 5.75 Å². The van der Waals surface area contributed by atoms with Crippen LogP contribution in [0.2, 0.25) is 5.02 Å². The van der Waals surface area contributed by atoms with E-state index in [1.165, 1.54) is 17.8 Å². The Morgan fingerprint density at radius 2 is 2.03 bits per heavy atom. The number of halogens is 1. The molecule has 0 radical (unpaired) electrons. The number of benzene rings is 1. The lowest BCUT2D eigenvalue weighted by Gasteiger charge is -2.36. The van der Waals surface area contributed by atoms with Crippen LogP contribution in [0.15, 0.2) is 52.1 Å². The zero-order valence-electron chi connectivity index (χ0n) is 17.2. The van der Waals surface area contributed by atoms with Gasteiger partial charge in [-0.25, -0.2) is 4.98 Å². The Morgan fingerprint density at radius 3 is 2.72 bits per heavy atom. The second-order valence-corrected chi connectivity index (χ2v) is 8.64. The third kappa shape index (κ3) is 4.86. The number of nitro benzene ring substituents is 1. The van der Waals surface area contributed by atoms with Gasteiger partial charge in [-0.3, -0.25) is 14.9 Å². The molecule has 9 nitrogen and oxygen atoms in total. The molecule has 1 fully saturated rings. The van der Waals surface area contributed by atoms with Gasteiger partial charge in [0.25, 0.3) is 11.6 Å². The molecule has 0 aliphatic carbocycles. The van der Waals surface area contributed by atoms with Crippen molar-refractivity contribution in [3.05, 3.63) is 74.7 Å². The number of carbonyl (C=O) groups is 1. The quantitative estimate of drug-likeness (QED) is 0.298. The molecule has 1 aliphatic rings. The summed E-state index contributed by atoms with van der Waals surface area (Å²) in [6, 6.07) is 10.00. The van der Waals surface area contributed by atoms with Crippen molar-refractivity contribution in [1.82, 2.24) is 15.0 Å². The summed E-state index contributed by atoms with van der Waals surface area (Å²) in [6.07, 6.45) is 1.66. The standard InChI is InChI=1S/C21H20ClN5O4S/c1-14-11-16(24-31-14)13-32-20-17(3-2-6-23-20)21(28)26-9-7-25(8-10-26)18-5-4-15(22)12-19(18)27(29)30/h2-6,11-12H,7-10,13H2,1H3. The molecule has 0 bridgehead atoms. The Balaban J connectivity index is 1.44. The number of amides is 1. The summed E-state index contributed by atoms with van der Waals surface area (Å²) in [5.41, 5.74) is 1.79. The molecular formula is C21H20ClN5O4S. The predicted octanol–water partition coefficient (Wildman–Crippen LogP) is 4.19. The Labute approximate surface area is 193 Å². The Kier molecular flexibility index (Phi) is 6.61. The minimum absolute atomic E-state index is 0.0358. The summed E-state index contributed by atoms with van der Waals surface area (Å²) >= 11 is 7.35. The van der Waals surface area contributed by atoms with Gasteiger partial charge in [0.2, 0.25) is 0 Å². The molecular weight excluding hydrogens is 454 g/mol. The Bertz CT molecular complexity index is 1150. The lowest BCUT2D eigenvalue weighted by Crippen LogP contribution is -2.49. The summed E-state index contributed by atoms with van der Waals surface area (Å²) in [5.74, 6) is 1.17. The van der Waals surface area contributed by atoms with Gasteiger partial charge in [-0.1, -0.05) is 28.5 Å². The molecule has 1 saturated heterocycles. The molecule has 0 spiro atoms. The topological polar surface area (TPSA) is 106 Å². The van der Waals surface area contributed by atoms with Gasteiger partial charge in [0.1, 0.15) is 16.5 Å². The average molecular weight is 474 g/mol. The van der Waals surface area contributed by atoms with E-state index in [0.29, 0.717) is 53.2 Å². The summed E-state index contributed by atoms with van der Waals surface area (Å²) in [6.45, 7) is 3.68. The fourth-order valence-corrected chi connectivity index (χ4v) is 4.56. The molecule has 0 saturated carbocycles. The second-order valence-electron chi connectivity index (χ2n) is 7.24. The number of hydrogen-bond donors (Lipinski definition) is 0. The fourth-order valence-electron chi connectivity index (χ4n) is 3.53. The van der Waals surface area contributed by atoms with Gasteiger partial charge < -0.3 is 14.3 Å². The van der Waals surface area contributed by atoms with Crippen molar-refractivity contribution in [3.8, 4) is 0 Å². The lowest BCUT2D eigenvalue weighted by atomic mass is 10.2. The van der Waals surface area contributed by atoms with Crippen LogP contribution in [0.5, 0.6) is 0 Å². The van der Waals surface area contributed by atoms with Gasteiger partial charge in [-0.2, -0.15) is 0 Å². The van der Waals surface area contributed by atoms with Crippen LogP contribution in [0, 0.1) is 17.0 Å². The molecule has 3 aromatic rings. The van der Waals surface area contributed by atoms with Gasteiger partial charge in [0.15, 0.2) is 0 Å². The first-order chi connectivity index (χ1) is 15.4. The third-order valence-corrected chi connectivity index (χ3v) is 6.35. The smallest absolute Gasteiger partial charge is 0.294 e. The van der Waals surface area contributed by atoms with Crippen molar-refractivity contribution in [2.75, 3.05) is 31.1 Å². The minimum Gasteiger partial charge on any atom is -0.362 e. The van der Waals surface area contributed by atoms with Crippen molar-refractivity contribution < 1.29 is 14.2 Å². The number of aryl methyl sites for hydroxylation is 1. The largest absolute Gasteiger partial charge is 0.362 e. The first kappa shape index (κ1) is 22.1. The number of rotatable bonds is 6. The molecule has 4 rings (SSSR count). The SMILES string of the molecule is Cc1cc(CSc2ncccc2C(=O)N2CCN(c3ccc(Cl)cc3[N+](=O)[O-])CC2)no1. The van der Waals surface area contributed by atoms with Crippen molar-refractivity contribution in [3.63, 3.8) is 0 Å². The molecule has 0 N–H and O–H groups in total. The van der Waals surface area contributed by atoms with Crippen molar-refractivity contribution in [2.24, 2.45) is 0 Å². The monoisotopic (exact) mass is 473 g/mol. The summed E-state index contributed by atoms with van der Waals surface area (Å²) in [4.78, 5) is 32.2. The maximum absolute atomic E-state index is 13.2. The molecule has 1 aromatic carbocycles. The van der Waals surface area contributed by atoms with E-state index in [0.717, 1.165) is 11.5 Å². The minimum atomic E-state index is -0.436. The second kappa shape index (κ2) is 9.58. The third-order valence-electron chi connectivity index (χ3n) is 5.08. The number of hydrogen-bond acceptors (Lipinski definition) is 8. The number of nitro groups is 1. The molecule has 11 heteroatoms. The van der Waals surface area contributed by atoms with Crippen LogP contribution in [0.3, 0.4) is 0 Å². The first-order valence-electron chi connectivity index (χ1n) is 9.90. The van der Waals surface area contributed by atoms with E-state index in [4.69, 9.17) is 16.1 Å². The van der Waals surface area contributed by atoms with Crippen molar-refractivity contribution in [2.45, 2.75) is 17.7 Å². The van der Waals surface area contributed by atoms with Crippen LogP contribution in [0.1, 0.15) is 21.8 Å². The van der Waals surface area contributed by atoms with E-state index in [-0.39, 0.29) is 11.6 Å². The van der Waals surface area contributed by atoms with Crippen molar-refractivity contribution in [1.29, 1.82) is 0 Å². The average Bonchev–Trinajstić information content (AvgIpc) is 3.22. The van der Waals surface area contributed by atoms with E-state index in [9.17, 15) is 14.9 Å². The van der Waals surface area contributed by atoms with Gasteiger partial charge in [0.05, 0.1) is 16.2 Å². The number of carbonyl (C=O) groups excluding carboxylic acids is 1. The number of piperazine rings is 1. The highest BCUT2D eigenvalue weighted by atomic mass is 35.5. The molecule has 166 valence electrons. The highest BCUT2D eigenvalue weighted by molar-refractivity contribution is 7.98. The molecule has 3 heterocycles. The number of aromatic nitrogens is 2. The summed E-state index contributed by atoms with van der Waals surface area (Å²) in [7, 11) is 0. The molecule has 0 unspecified atom stereocenters. The molecule has 1 amide bonds. The lowest BCUT2D eigenvalue weighted by molar-refractivity contribution is -0.384. The molecule has 1 aliphatic heterocycles. The maximum Gasteiger partial charge on any atom is 0.294 e. The van der Waals surface area contributed by atoms with E-state index < -0.39 is 4.92 Å². The number of nitrogens with zero attached hydrogens (tertiary/aromatic N) is 5. The number of pyridine rings is 1. The highest BCUT2D eigenvalue weighted by Crippen LogP contribution is 2.32. The van der Waals surface area contributed by atoms with Gasteiger partial charge in [-0.15, -0.1) is 0 Å². The van der Waals surface area contributed by atoms with E-state index in [2.05, 4.69) is 10.1 Å². The van der Waals surface area contributed by atoms with Crippen LogP contribution < -0.4 is 4.90 Å². The fraction of sp³-hybridized carbons (Fsp3) is 0.286. The normalized spacial score (nSPS) is 13.9. The number of thioether (sulfide) groups is 1. The number of anilines is 1. The zero-order valence-corrected chi connectivity index (χ0v) is 18.8. The van der Waals surface area contributed by atoms with Crippen LogP contribution in [0.25, 0.3) is 0 Å². The Hall–Kier alpha value is -3.11. The predicted molar refractivity (Wildman–Crippen MR) is 121 cm³/mol. The van der Waals surface area contributed by atoms with E-state index >= 15 is 0 Å². The van der Waals surface area contributed by atoms with Crippen LogP contribution in [-0.4, -0.2) is 52.1 Å². The highest BCUT2D eigenvalue weighted by Gasteiger charge is 2.27. The molecule has 0 atom stereocenters. The molecule has 2 aromatic heterocycles. The molecule has 32 heavy (non-hydrogen) atoms. The first-order valence-corrected chi connectivity index (χ1v) is 11.3. The summed E-state index contributed by atoms with van der Waals surface area (Å²) in [5, 5.41) is 16.3. The van der Waals surface area contributed by atoms with Crippen molar-refractivity contribution >= 4 is 40.6 Å². The zero-order chi connectivity index (χ0) is 22.7. The van der Waals surface area contributed by atoms with Gasteiger partial charge in [-0.05, 0) is 31.2 Å². The Morgan fingerprint density at radius 1 is 1.25 bits per heavy atom. The van der Waals surface area contributed by atoms with E-state index in [1.807, 2.05) is 17.9 Å². The van der Waals surface area contributed by atoms with Crippen LogP contribution >= 0.6 is 23.4 Å². The van der Waals surface area contributed by atoms with Crippen LogP contribution in [0.4, 0.5) is 11.4 Å². The summed E-state index contributed by atoms with van der Waals surface area (Å²) < 4.78 is 5.09. The van der Waals surface area contributed by atoms with E-state index in [1.54, 1.807) is 35.4 Å². The van der Waals surface area contributed by atoms with Gasteiger partial charge >= 0.3 is 0 Å². The van der Waals surface area contributed by atoms with Gasteiger partial charge in [0, 0.05) is 55.3 Å². The maximum atomic E-state index is 13.2.